The largest absolute Gasteiger partial charge is 0.481 e. The number of fused-ring (bicyclic) bond motifs is 1. The molecule has 0 radical (unpaired) electrons. The first-order chi connectivity index (χ1) is 11.0. The van der Waals surface area contributed by atoms with Gasteiger partial charge in [0, 0.05) is 6.54 Å². The Morgan fingerprint density at radius 1 is 1.26 bits per heavy atom. The number of rotatable bonds is 4. The molecule has 1 heterocycles. The number of morpholine rings is 1. The Hall–Kier alpha value is -1.44. The fourth-order valence-corrected chi connectivity index (χ4v) is 4.97. The minimum atomic E-state index is -3.70. The third-order valence-corrected chi connectivity index (χ3v) is 6.46. The summed E-state index contributed by atoms with van der Waals surface area (Å²) in [5.74, 6) is -1.02. The van der Waals surface area contributed by atoms with Gasteiger partial charge < -0.3 is 9.84 Å². The molecular formula is C16H21NO5S. The maximum atomic E-state index is 12.9. The van der Waals surface area contributed by atoms with E-state index in [0.717, 1.165) is 31.2 Å². The molecule has 1 aliphatic heterocycles. The molecule has 2 aliphatic rings. The summed E-state index contributed by atoms with van der Waals surface area (Å²) in [6.07, 6.45) is 3.87. The highest BCUT2D eigenvalue weighted by Gasteiger charge is 2.35. The topological polar surface area (TPSA) is 83.9 Å². The van der Waals surface area contributed by atoms with Crippen LogP contribution in [0.25, 0.3) is 0 Å². The fourth-order valence-electron chi connectivity index (χ4n) is 3.32. The molecule has 0 amide bonds. The fraction of sp³-hybridized carbons (Fsp3) is 0.562. The third-order valence-electron chi connectivity index (χ3n) is 4.51. The summed E-state index contributed by atoms with van der Waals surface area (Å²) >= 11 is 0. The molecule has 1 fully saturated rings. The van der Waals surface area contributed by atoms with E-state index in [-0.39, 0.29) is 24.5 Å². The van der Waals surface area contributed by atoms with Crippen LogP contribution in [-0.2, 0) is 32.4 Å². The monoisotopic (exact) mass is 339 g/mol. The van der Waals surface area contributed by atoms with Crippen LogP contribution < -0.4 is 0 Å². The van der Waals surface area contributed by atoms with Crippen LogP contribution in [0.3, 0.4) is 0 Å². The molecule has 1 aromatic rings. The van der Waals surface area contributed by atoms with Gasteiger partial charge in [0.05, 0.1) is 30.6 Å². The van der Waals surface area contributed by atoms with E-state index >= 15 is 0 Å². The number of nitrogens with zero attached hydrogens (tertiary/aromatic N) is 1. The zero-order valence-corrected chi connectivity index (χ0v) is 13.7. The van der Waals surface area contributed by atoms with Crippen molar-refractivity contribution in [3.8, 4) is 0 Å². The lowest BCUT2D eigenvalue weighted by Gasteiger charge is -2.34. The molecule has 1 atom stereocenters. The number of aryl methyl sites for hydroxylation is 2. The van der Waals surface area contributed by atoms with Gasteiger partial charge in [0.1, 0.15) is 0 Å². The van der Waals surface area contributed by atoms with Crippen molar-refractivity contribution in [2.75, 3.05) is 19.8 Å². The van der Waals surface area contributed by atoms with E-state index in [9.17, 15) is 13.2 Å². The highest BCUT2D eigenvalue weighted by atomic mass is 32.2. The summed E-state index contributed by atoms with van der Waals surface area (Å²) in [6, 6.07) is 4.65. The number of carbonyl (C=O) groups is 1. The van der Waals surface area contributed by atoms with E-state index in [2.05, 4.69) is 0 Å². The molecular weight excluding hydrogens is 318 g/mol. The second-order valence-corrected chi connectivity index (χ2v) is 7.97. The van der Waals surface area contributed by atoms with Gasteiger partial charge in [-0.1, -0.05) is 6.07 Å². The van der Waals surface area contributed by atoms with Gasteiger partial charge >= 0.3 is 5.97 Å². The van der Waals surface area contributed by atoms with E-state index in [0.29, 0.717) is 6.61 Å². The maximum Gasteiger partial charge on any atom is 0.305 e. The molecule has 0 bridgehead atoms. The predicted molar refractivity (Wildman–Crippen MR) is 83.8 cm³/mol. The summed E-state index contributed by atoms with van der Waals surface area (Å²) < 4.78 is 32.4. The second-order valence-electron chi connectivity index (χ2n) is 6.08. The quantitative estimate of drug-likeness (QED) is 0.897. The first-order valence-corrected chi connectivity index (χ1v) is 9.35. The zero-order valence-electron chi connectivity index (χ0n) is 12.9. The van der Waals surface area contributed by atoms with Gasteiger partial charge in [0.2, 0.25) is 10.0 Å². The van der Waals surface area contributed by atoms with Crippen LogP contribution in [0.2, 0.25) is 0 Å². The van der Waals surface area contributed by atoms with Gasteiger partial charge in [-0.05, 0) is 48.9 Å². The summed E-state index contributed by atoms with van der Waals surface area (Å²) in [6.45, 7) is 0.605. The second kappa shape index (κ2) is 6.59. The molecule has 1 N–H and O–H groups in total. The van der Waals surface area contributed by atoms with Crippen LogP contribution >= 0.6 is 0 Å². The SMILES string of the molecule is O=C(O)CC1COCCN1S(=O)(=O)c1ccc2c(c1)CCCC2. The molecule has 0 spiro atoms. The van der Waals surface area contributed by atoms with Crippen molar-refractivity contribution in [2.24, 2.45) is 0 Å². The smallest absolute Gasteiger partial charge is 0.305 e. The molecule has 6 nitrogen and oxygen atoms in total. The average molecular weight is 339 g/mol. The molecule has 0 aromatic heterocycles. The van der Waals surface area contributed by atoms with Crippen molar-refractivity contribution in [1.82, 2.24) is 4.31 Å². The minimum Gasteiger partial charge on any atom is -0.481 e. The summed E-state index contributed by atoms with van der Waals surface area (Å²) in [5.41, 5.74) is 2.32. The molecule has 3 rings (SSSR count). The predicted octanol–water partition coefficient (Wildman–Crippen LogP) is 1.43. The number of hydrogen-bond donors (Lipinski definition) is 1. The maximum absolute atomic E-state index is 12.9. The Labute approximate surface area is 136 Å². The van der Waals surface area contributed by atoms with Crippen LogP contribution in [0.15, 0.2) is 23.1 Å². The number of benzene rings is 1. The van der Waals surface area contributed by atoms with Crippen LogP contribution in [0.4, 0.5) is 0 Å². The lowest BCUT2D eigenvalue weighted by Crippen LogP contribution is -2.49. The summed E-state index contributed by atoms with van der Waals surface area (Å²) in [4.78, 5) is 11.3. The number of carboxylic acid groups (broad SMARTS) is 1. The number of aliphatic carboxylic acids is 1. The Morgan fingerprint density at radius 3 is 2.74 bits per heavy atom. The average Bonchev–Trinajstić information content (AvgIpc) is 2.54. The van der Waals surface area contributed by atoms with Gasteiger partial charge in [-0.25, -0.2) is 8.42 Å². The van der Waals surface area contributed by atoms with Crippen molar-refractivity contribution in [2.45, 2.75) is 43.0 Å². The van der Waals surface area contributed by atoms with Gasteiger partial charge in [-0.3, -0.25) is 4.79 Å². The Balaban J connectivity index is 1.91. The van der Waals surface area contributed by atoms with E-state index in [4.69, 9.17) is 9.84 Å². The van der Waals surface area contributed by atoms with Gasteiger partial charge in [-0.15, -0.1) is 0 Å². The molecule has 1 saturated heterocycles. The van der Waals surface area contributed by atoms with E-state index < -0.39 is 22.0 Å². The van der Waals surface area contributed by atoms with Crippen LogP contribution in [-0.4, -0.2) is 49.6 Å². The number of ether oxygens (including phenoxy) is 1. The van der Waals surface area contributed by atoms with Crippen molar-refractivity contribution in [1.29, 1.82) is 0 Å². The van der Waals surface area contributed by atoms with E-state index in [1.807, 2.05) is 6.07 Å². The van der Waals surface area contributed by atoms with Crippen LogP contribution in [0.1, 0.15) is 30.4 Å². The zero-order chi connectivity index (χ0) is 16.4. The summed E-state index contributed by atoms with van der Waals surface area (Å²) in [5, 5.41) is 9.00. The van der Waals surface area contributed by atoms with Crippen LogP contribution in [0.5, 0.6) is 0 Å². The molecule has 7 heteroatoms. The van der Waals surface area contributed by atoms with E-state index in [1.165, 1.54) is 9.87 Å². The Bertz CT molecular complexity index is 700. The Kier molecular flexibility index (Phi) is 4.70. The van der Waals surface area contributed by atoms with Crippen molar-refractivity contribution in [3.05, 3.63) is 29.3 Å². The minimum absolute atomic E-state index is 0.121. The van der Waals surface area contributed by atoms with Crippen molar-refractivity contribution in [3.63, 3.8) is 0 Å². The standard InChI is InChI=1S/C16H21NO5S/c18-16(19)10-14-11-22-8-7-17(14)23(20,21)15-6-5-12-3-1-2-4-13(12)9-15/h5-6,9,14H,1-4,7-8,10-11H2,(H,18,19). The van der Waals surface area contributed by atoms with Gasteiger partial charge in [0.15, 0.2) is 0 Å². The van der Waals surface area contributed by atoms with Crippen molar-refractivity contribution < 1.29 is 23.1 Å². The molecule has 1 aromatic carbocycles. The Morgan fingerprint density at radius 2 is 2.00 bits per heavy atom. The molecule has 126 valence electrons. The molecule has 23 heavy (non-hydrogen) atoms. The highest BCUT2D eigenvalue weighted by molar-refractivity contribution is 7.89. The molecule has 1 unspecified atom stereocenters. The highest BCUT2D eigenvalue weighted by Crippen LogP contribution is 2.27. The lowest BCUT2D eigenvalue weighted by molar-refractivity contribution is -0.139. The van der Waals surface area contributed by atoms with Gasteiger partial charge in [-0.2, -0.15) is 4.31 Å². The number of sulfonamides is 1. The van der Waals surface area contributed by atoms with Crippen LogP contribution in [0, 0.1) is 0 Å². The first kappa shape index (κ1) is 16.4. The molecule has 0 saturated carbocycles. The summed E-state index contributed by atoms with van der Waals surface area (Å²) in [7, 11) is -3.70. The molecule has 1 aliphatic carbocycles. The lowest BCUT2D eigenvalue weighted by atomic mass is 9.92. The van der Waals surface area contributed by atoms with Crippen molar-refractivity contribution >= 4 is 16.0 Å². The van der Waals surface area contributed by atoms with Gasteiger partial charge in [0.25, 0.3) is 0 Å². The number of hydrogen-bond acceptors (Lipinski definition) is 4. The number of carboxylic acids is 1. The normalized spacial score (nSPS) is 22.5. The third kappa shape index (κ3) is 3.41. The van der Waals surface area contributed by atoms with E-state index in [1.54, 1.807) is 12.1 Å². The first-order valence-electron chi connectivity index (χ1n) is 7.91.